The van der Waals surface area contributed by atoms with E-state index in [9.17, 15) is 9.59 Å². The summed E-state index contributed by atoms with van der Waals surface area (Å²) in [5.41, 5.74) is 3.09. The molecule has 1 aromatic carbocycles. The Balaban J connectivity index is 1.63. The van der Waals surface area contributed by atoms with Gasteiger partial charge in [-0.1, -0.05) is 24.3 Å². The van der Waals surface area contributed by atoms with Crippen molar-refractivity contribution in [2.45, 2.75) is 13.0 Å². The minimum Gasteiger partial charge on any atom is -0.348 e. The zero-order valence-electron chi connectivity index (χ0n) is 17.3. The third-order valence-electron chi connectivity index (χ3n) is 6.29. The zero-order valence-corrected chi connectivity index (χ0v) is 17.3. The highest BCUT2D eigenvalue weighted by Crippen LogP contribution is 2.46. The number of hydrogen-bond acceptors (Lipinski definition) is 4. The number of carbonyl (C=O) groups excluding carboxylic acids is 2. The van der Waals surface area contributed by atoms with Crippen molar-refractivity contribution in [1.82, 2.24) is 19.7 Å². The number of aromatic nitrogens is 1. The zero-order chi connectivity index (χ0) is 20.5. The van der Waals surface area contributed by atoms with Gasteiger partial charge in [0, 0.05) is 57.6 Å². The Labute approximate surface area is 172 Å². The van der Waals surface area contributed by atoms with E-state index in [0.717, 1.165) is 19.6 Å². The van der Waals surface area contributed by atoms with Gasteiger partial charge in [-0.05, 0) is 36.1 Å². The van der Waals surface area contributed by atoms with Gasteiger partial charge in [0.2, 0.25) is 5.91 Å². The van der Waals surface area contributed by atoms with Gasteiger partial charge in [0.25, 0.3) is 5.91 Å². The number of fused-ring (bicyclic) bond motifs is 1. The highest BCUT2D eigenvalue weighted by Gasteiger charge is 2.49. The van der Waals surface area contributed by atoms with Crippen LogP contribution in [0.3, 0.4) is 0 Å². The van der Waals surface area contributed by atoms with E-state index in [4.69, 9.17) is 0 Å². The van der Waals surface area contributed by atoms with Crippen molar-refractivity contribution >= 4 is 11.8 Å². The molecule has 4 rings (SSSR count). The summed E-state index contributed by atoms with van der Waals surface area (Å²) >= 11 is 0. The van der Waals surface area contributed by atoms with Crippen LogP contribution in [0.5, 0.6) is 0 Å². The van der Waals surface area contributed by atoms with Crippen LogP contribution in [0, 0.1) is 18.8 Å². The highest BCUT2D eigenvalue weighted by atomic mass is 16.2. The number of likely N-dealkylation sites (N-methyl/N-ethyl adjacent to an activating group) is 1. The van der Waals surface area contributed by atoms with Gasteiger partial charge in [-0.3, -0.25) is 19.5 Å². The lowest BCUT2D eigenvalue weighted by Gasteiger charge is -2.31. The molecule has 29 heavy (non-hydrogen) atoms. The Bertz CT molecular complexity index is 899. The maximum absolute atomic E-state index is 13.3. The number of amides is 2. The number of likely N-dealkylation sites (tertiary alicyclic amines) is 2. The molecule has 0 saturated carbocycles. The van der Waals surface area contributed by atoms with E-state index >= 15 is 0 Å². The second-order valence-electron chi connectivity index (χ2n) is 8.40. The molecule has 6 nitrogen and oxygen atoms in total. The fraction of sp³-hybridized carbons (Fsp3) is 0.435. The first-order valence-corrected chi connectivity index (χ1v) is 10.1. The van der Waals surface area contributed by atoms with E-state index in [1.165, 1.54) is 11.1 Å². The number of aryl methyl sites for hydroxylation is 1. The molecule has 3 atom stereocenters. The summed E-state index contributed by atoms with van der Waals surface area (Å²) in [4.78, 5) is 35.5. The van der Waals surface area contributed by atoms with E-state index in [0.29, 0.717) is 23.9 Å². The molecule has 0 bridgehead atoms. The predicted molar refractivity (Wildman–Crippen MR) is 111 cm³/mol. The minimum absolute atomic E-state index is 0.0290. The molecule has 0 radical (unpaired) electrons. The summed E-state index contributed by atoms with van der Waals surface area (Å²) in [6.45, 7) is 4.96. The van der Waals surface area contributed by atoms with Crippen LogP contribution < -0.4 is 0 Å². The van der Waals surface area contributed by atoms with Gasteiger partial charge in [0.15, 0.2) is 0 Å². The molecule has 0 N–H and O–H groups in total. The fourth-order valence-corrected chi connectivity index (χ4v) is 4.79. The van der Waals surface area contributed by atoms with Crippen molar-refractivity contribution < 1.29 is 9.59 Å². The topological polar surface area (TPSA) is 56.8 Å². The molecule has 2 fully saturated rings. The molecule has 6 heteroatoms. The number of carbonyl (C=O) groups is 2. The molecular formula is C23H28N4O2. The maximum atomic E-state index is 13.3. The van der Waals surface area contributed by atoms with Crippen LogP contribution in [0.15, 0.2) is 48.8 Å². The summed E-state index contributed by atoms with van der Waals surface area (Å²) in [7, 11) is 3.59. The smallest absolute Gasteiger partial charge is 0.254 e. The minimum atomic E-state index is 0.0290. The third kappa shape index (κ3) is 3.77. The first kappa shape index (κ1) is 19.6. The van der Waals surface area contributed by atoms with Crippen LogP contribution in [0.1, 0.15) is 27.5 Å². The number of nitrogens with zero attached hydrogens (tertiary/aromatic N) is 4. The monoisotopic (exact) mass is 392 g/mol. The molecule has 1 aromatic heterocycles. The van der Waals surface area contributed by atoms with Crippen molar-refractivity contribution in [2.24, 2.45) is 11.8 Å². The van der Waals surface area contributed by atoms with E-state index in [1.54, 1.807) is 43.5 Å². The van der Waals surface area contributed by atoms with Crippen molar-refractivity contribution in [1.29, 1.82) is 0 Å². The molecular weight excluding hydrogens is 364 g/mol. The Kier molecular flexibility index (Phi) is 5.37. The second-order valence-corrected chi connectivity index (χ2v) is 8.40. The first-order chi connectivity index (χ1) is 14.0. The molecule has 2 saturated heterocycles. The Hall–Kier alpha value is -2.73. The van der Waals surface area contributed by atoms with E-state index in [-0.39, 0.29) is 17.9 Å². The Morgan fingerprint density at radius 1 is 1.07 bits per heavy atom. The second kappa shape index (κ2) is 7.95. The van der Waals surface area contributed by atoms with Gasteiger partial charge in [0.1, 0.15) is 0 Å². The summed E-state index contributed by atoms with van der Waals surface area (Å²) in [6.07, 6.45) is 3.34. The van der Waals surface area contributed by atoms with Crippen LogP contribution in [0.25, 0.3) is 0 Å². The lowest BCUT2D eigenvalue weighted by molar-refractivity contribution is -0.129. The first-order valence-electron chi connectivity index (χ1n) is 10.1. The molecule has 152 valence electrons. The van der Waals surface area contributed by atoms with Gasteiger partial charge in [-0.15, -0.1) is 0 Å². The largest absolute Gasteiger partial charge is 0.348 e. The van der Waals surface area contributed by atoms with Crippen LogP contribution in [0.2, 0.25) is 0 Å². The molecule has 0 aliphatic carbocycles. The number of pyridine rings is 1. The Morgan fingerprint density at radius 2 is 1.79 bits per heavy atom. The molecule has 2 amide bonds. The van der Waals surface area contributed by atoms with Crippen LogP contribution in [0.4, 0.5) is 0 Å². The van der Waals surface area contributed by atoms with Gasteiger partial charge in [-0.2, -0.15) is 0 Å². The summed E-state index contributed by atoms with van der Waals surface area (Å²) in [5.74, 6) is 0.894. The molecule has 2 aromatic rings. The normalized spacial score (nSPS) is 23.8. The fourth-order valence-electron chi connectivity index (χ4n) is 4.79. The molecule has 0 unspecified atom stereocenters. The maximum Gasteiger partial charge on any atom is 0.254 e. The number of hydrogen-bond donors (Lipinski definition) is 0. The highest BCUT2D eigenvalue weighted by molar-refractivity contribution is 5.94. The van der Waals surface area contributed by atoms with Crippen molar-refractivity contribution in [2.75, 3.05) is 40.3 Å². The van der Waals surface area contributed by atoms with Crippen LogP contribution in [-0.4, -0.2) is 71.8 Å². The van der Waals surface area contributed by atoms with Crippen molar-refractivity contribution in [3.8, 4) is 0 Å². The summed E-state index contributed by atoms with van der Waals surface area (Å²) in [5, 5.41) is 0. The molecule has 2 aliphatic heterocycles. The van der Waals surface area contributed by atoms with Gasteiger partial charge < -0.3 is 9.80 Å². The van der Waals surface area contributed by atoms with Gasteiger partial charge in [0.05, 0.1) is 12.6 Å². The van der Waals surface area contributed by atoms with Crippen molar-refractivity contribution in [3.63, 3.8) is 0 Å². The Morgan fingerprint density at radius 3 is 2.48 bits per heavy atom. The molecule has 0 spiro atoms. The third-order valence-corrected chi connectivity index (χ3v) is 6.29. The standard InChI is InChI=1S/C23H28N4O2/c1-16-6-4-5-7-19(16)22-20-14-26(15-21(28)25(2)3)12-18(20)13-27(22)23(29)17-8-10-24-11-9-17/h4-11,18,20,22H,12-15H2,1-3H3/t18-,20-,22+/m0/s1. The van der Waals surface area contributed by atoms with Crippen LogP contribution in [-0.2, 0) is 4.79 Å². The van der Waals surface area contributed by atoms with E-state index < -0.39 is 0 Å². The van der Waals surface area contributed by atoms with Gasteiger partial charge in [-0.25, -0.2) is 0 Å². The number of rotatable bonds is 4. The lowest BCUT2D eigenvalue weighted by atomic mass is 9.87. The van der Waals surface area contributed by atoms with E-state index in [2.05, 4.69) is 28.9 Å². The predicted octanol–water partition coefficient (Wildman–Crippen LogP) is 2.22. The lowest BCUT2D eigenvalue weighted by Crippen LogP contribution is -2.39. The number of benzene rings is 1. The quantitative estimate of drug-likeness (QED) is 0.801. The van der Waals surface area contributed by atoms with Gasteiger partial charge >= 0.3 is 0 Å². The summed E-state index contributed by atoms with van der Waals surface area (Å²) in [6, 6.07) is 11.9. The summed E-state index contributed by atoms with van der Waals surface area (Å²) < 4.78 is 0. The molecule has 3 heterocycles. The molecule has 2 aliphatic rings. The average molecular weight is 393 g/mol. The van der Waals surface area contributed by atoms with Crippen LogP contribution >= 0.6 is 0 Å². The van der Waals surface area contributed by atoms with Crippen molar-refractivity contribution in [3.05, 3.63) is 65.5 Å². The SMILES string of the molecule is Cc1ccccc1[C@@H]1[C@H]2CN(CC(=O)N(C)C)C[C@H]2CN1C(=O)c1ccncc1. The average Bonchev–Trinajstić information content (AvgIpc) is 3.25. The van der Waals surface area contributed by atoms with E-state index in [1.807, 2.05) is 17.0 Å².